The van der Waals surface area contributed by atoms with Gasteiger partial charge in [0, 0.05) is 18.0 Å². The van der Waals surface area contributed by atoms with Crippen molar-refractivity contribution >= 4 is 23.0 Å². The van der Waals surface area contributed by atoms with E-state index in [0.717, 1.165) is 22.9 Å². The summed E-state index contributed by atoms with van der Waals surface area (Å²) in [5, 5.41) is 4.00. The first-order valence-electron chi connectivity index (χ1n) is 8.25. The van der Waals surface area contributed by atoms with Crippen LogP contribution in [0.1, 0.15) is 23.5 Å². The van der Waals surface area contributed by atoms with E-state index in [1.807, 2.05) is 53.4 Å². The second-order valence-corrected chi connectivity index (χ2v) is 6.44. The molecular formula is C19H15N3O3S. The molecule has 0 spiro atoms. The van der Waals surface area contributed by atoms with E-state index in [1.165, 1.54) is 0 Å². The van der Waals surface area contributed by atoms with Crippen LogP contribution in [0.15, 0.2) is 65.4 Å². The van der Waals surface area contributed by atoms with Crippen LogP contribution in [0.25, 0.3) is 0 Å². The van der Waals surface area contributed by atoms with Crippen LogP contribution >= 0.6 is 12.2 Å². The summed E-state index contributed by atoms with van der Waals surface area (Å²) >= 11 is 5.65. The highest BCUT2D eigenvalue weighted by Crippen LogP contribution is 2.44. The summed E-state index contributed by atoms with van der Waals surface area (Å²) in [6, 6.07) is 15.2. The molecule has 26 heavy (non-hydrogen) atoms. The van der Waals surface area contributed by atoms with Crippen molar-refractivity contribution < 1.29 is 13.9 Å². The first kappa shape index (κ1) is 15.2. The van der Waals surface area contributed by atoms with Crippen molar-refractivity contribution in [2.24, 2.45) is 0 Å². The van der Waals surface area contributed by atoms with E-state index in [2.05, 4.69) is 10.3 Å². The molecule has 5 rings (SSSR count). The van der Waals surface area contributed by atoms with Gasteiger partial charge >= 0.3 is 0 Å². The van der Waals surface area contributed by atoms with Gasteiger partial charge in [-0.1, -0.05) is 6.07 Å². The summed E-state index contributed by atoms with van der Waals surface area (Å²) in [5.74, 6) is 2.26. The molecule has 0 saturated carbocycles. The molecule has 2 aliphatic rings. The van der Waals surface area contributed by atoms with Crippen molar-refractivity contribution in [1.82, 2.24) is 10.3 Å². The Balaban J connectivity index is 1.60. The van der Waals surface area contributed by atoms with E-state index in [0.29, 0.717) is 10.9 Å². The zero-order valence-corrected chi connectivity index (χ0v) is 14.5. The van der Waals surface area contributed by atoms with Crippen molar-refractivity contribution in [1.29, 1.82) is 0 Å². The second-order valence-electron chi connectivity index (χ2n) is 6.05. The molecule has 1 fully saturated rings. The number of furan rings is 1. The van der Waals surface area contributed by atoms with E-state index in [9.17, 15) is 0 Å². The lowest BCUT2D eigenvalue weighted by atomic mass is 10.0. The van der Waals surface area contributed by atoms with Gasteiger partial charge in [0.1, 0.15) is 11.8 Å². The molecule has 1 saturated heterocycles. The summed E-state index contributed by atoms with van der Waals surface area (Å²) < 4.78 is 16.7. The van der Waals surface area contributed by atoms with Gasteiger partial charge in [0.15, 0.2) is 16.6 Å². The summed E-state index contributed by atoms with van der Waals surface area (Å²) in [6.07, 6.45) is 3.45. The topological polar surface area (TPSA) is 59.8 Å². The van der Waals surface area contributed by atoms with Gasteiger partial charge in [-0.15, -0.1) is 0 Å². The Morgan fingerprint density at radius 3 is 2.81 bits per heavy atom. The molecule has 0 aliphatic carbocycles. The maximum Gasteiger partial charge on any atom is 0.231 e. The van der Waals surface area contributed by atoms with Crippen LogP contribution in [0.3, 0.4) is 0 Å². The third-order valence-electron chi connectivity index (χ3n) is 4.57. The fraction of sp³-hybridized carbons (Fsp3) is 0.158. The van der Waals surface area contributed by atoms with Crippen LogP contribution in [0.4, 0.5) is 5.69 Å². The standard InChI is InChI=1S/C19H15N3O3S/c26-19-21-17(13-4-1-2-8-20-13)18(15-5-3-9-23-15)22(19)12-6-7-14-16(10-12)25-11-24-14/h1-10,17-18H,11H2,(H,21,26)/t17-,18-/m0/s1. The van der Waals surface area contributed by atoms with Crippen molar-refractivity contribution in [3.63, 3.8) is 0 Å². The van der Waals surface area contributed by atoms with Crippen molar-refractivity contribution in [3.8, 4) is 11.5 Å². The van der Waals surface area contributed by atoms with Crippen molar-refractivity contribution in [3.05, 3.63) is 72.4 Å². The number of ether oxygens (including phenoxy) is 2. The molecule has 1 N–H and O–H groups in total. The predicted molar refractivity (Wildman–Crippen MR) is 99.2 cm³/mol. The van der Waals surface area contributed by atoms with Gasteiger partial charge in [-0.05, 0) is 48.6 Å². The minimum Gasteiger partial charge on any atom is -0.467 e. The van der Waals surface area contributed by atoms with Crippen LogP contribution in [0.2, 0.25) is 0 Å². The number of rotatable bonds is 3. The maximum atomic E-state index is 5.74. The summed E-state index contributed by atoms with van der Waals surface area (Å²) in [7, 11) is 0. The van der Waals surface area contributed by atoms with Gasteiger partial charge in [-0.25, -0.2) is 0 Å². The lowest BCUT2D eigenvalue weighted by Crippen LogP contribution is -2.29. The summed E-state index contributed by atoms with van der Waals surface area (Å²) in [6.45, 7) is 0.236. The first-order chi connectivity index (χ1) is 12.8. The van der Waals surface area contributed by atoms with Crippen LogP contribution in [-0.2, 0) is 0 Å². The quantitative estimate of drug-likeness (QED) is 0.712. The Bertz CT molecular complexity index is 946. The van der Waals surface area contributed by atoms with E-state index >= 15 is 0 Å². The zero-order chi connectivity index (χ0) is 17.5. The van der Waals surface area contributed by atoms with E-state index in [-0.39, 0.29) is 18.9 Å². The van der Waals surface area contributed by atoms with Gasteiger partial charge in [0.05, 0.1) is 18.0 Å². The summed E-state index contributed by atoms with van der Waals surface area (Å²) in [5.41, 5.74) is 1.81. The van der Waals surface area contributed by atoms with Gasteiger partial charge in [-0.3, -0.25) is 4.98 Å². The highest BCUT2D eigenvalue weighted by Gasteiger charge is 2.42. The summed E-state index contributed by atoms with van der Waals surface area (Å²) in [4.78, 5) is 6.54. The SMILES string of the molecule is S=C1N[C@@H](c2ccccn2)[C@H](c2ccco2)N1c1ccc2c(c1)OCO2. The molecule has 3 aromatic rings. The zero-order valence-electron chi connectivity index (χ0n) is 13.7. The first-order valence-corrected chi connectivity index (χ1v) is 8.66. The number of hydrogen-bond acceptors (Lipinski definition) is 5. The Hall–Kier alpha value is -3.06. The Morgan fingerprint density at radius 1 is 1.08 bits per heavy atom. The number of benzene rings is 1. The predicted octanol–water partition coefficient (Wildman–Crippen LogP) is 3.58. The van der Waals surface area contributed by atoms with E-state index in [4.69, 9.17) is 26.1 Å². The van der Waals surface area contributed by atoms with E-state index < -0.39 is 0 Å². The number of nitrogens with zero attached hydrogens (tertiary/aromatic N) is 2. The maximum absolute atomic E-state index is 5.74. The molecule has 1 aromatic carbocycles. The monoisotopic (exact) mass is 365 g/mol. The molecule has 4 heterocycles. The molecule has 2 aromatic heterocycles. The Labute approximate surface area is 155 Å². The number of aromatic nitrogens is 1. The molecular weight excluding hydrogens is 350 g/mol. The molecule has 0 amide bonds. The molecule has 2 aliphatic heterocycles. The highest BCUT2D eigenvalue weighted by atomic mass is 32.1. The van der Waals surface area contributed by atoms with Gasteiger partial charge in [-0.2, -0.15) is 0 Å². The van der Waals surface area contributed by atoms with Crippen LogP contribution in [0.5, 0.6) is 11.5 Å². The smallest absolute Gasteiger partial charge is 0.231 e. The average molecular weight is 365 g/mol. The molecule has 0 radical (unpaired) electrons. The lowest BCUT2D eigenvalue weighted by molar-refractivity contribution is 0.174. The largest absolute Gasteiger partial charge is 0.467 e. The molecule has 0 bridgehead atoms. The fourth-order valence-corrected chi connectivity index (χ4v) is 3.76. The molecule has 130 valence electrons. The number of pyridine rings is 1. The highest BCUT2D eigenvalue weighted by molar-refractivity contribution is 7.80. The van der Waals surface area contributed by atoms with Crippen LogP contribution in [-0.4, -0.2) is 16.9 Å². The van der Waals surface area contributed by atoms with Crippen molar-refractivity contribution in [2.45, 2.75) is 12.1 Å². The minimum absolute atomic E-state index is 0.125. The third kappa shape index (κ3) is 2.40. The van der Waals surface area contributed by atoms with Gasteiger partial charge in [0.2, 0.25) is 6.79 Å². The molecule has 2 atom stereocenters. The van der Waals surface area contributed by atoms with Gasteiger partial charge < -0.3 is 24.1 Å². The number of nitrogens with one attached hydrogen (secondary N) is 1. The molecule has 0 unspecified atom stereocenters. The lowest BCUT2D eigenvalue weighted by Gasteiger charge is -2.26. The van der Waals surface area contributed by atoms with Crippen molar-refractivity contribution in [2.75, 3.05) is 11.7 Å². The number of fused-ring (bicyclic) bond motifs is 1. The minimum atomic E-state index is -0.159. The van der Waals surface area contributed by atoms with Gasteiger partial charge in [0.25, 0.3) is 0 Å². The Morgan fingerprint density at radius 2 is 2.00 bits per heavy atom. The number of thiocarbonyl (C=S) groups is 1. The van der Waals surface area contributed by atoms with Crippen LogP contribution < -0.4 is 19.7 Å². The molecule has 7 heteroatoms. The average Bonchev–Trinajstić information content (AvgIpc) is 3.41. The van der Waals surface area contributed by atoms with Crippen LogP contribution in [0, 0.1) is 0 Å². The number of anilines is 1. The number of hydrogen-bond donors (Lipinski definition) is 1. The fourth-order valence-electron chi connectivity index (χ4n) is 3.42. The third-order valence-corrected chi connectivity index (χ3v) is 4.88. The van der Waals surface area contributed by atoms with E-state index in [1.54, 1.807) is 12.5 Å². The normalized spacial score (nSPS) is 21.1. The molecule has 6 nitrogen and oxygen atoms in total. The second kappa shape index (κ2) is 6.03. The Kier molecular flexibility index (Phi) is 3.53.